The lowest BCUT2D eigenvalue weighted by Gasteiger charge is -2.28. The monoisotopic (exact) mass is 341 g/mol. The molecule has 0 spiro atoms. The minimum Gasteiger partial charge on any atom is -0.495 e. The van der Waals surface area contributed by atoms with E-state index < -0.39 is 5.91 Å². The highest BCUT2D eigenvalue weighted by Gasteiger charge is 2.23. The average molecular weight is 341 g/mol. The molecule has 2 heterocycles. The van der Waals surface area contributed by atoms with Crippen LogP contribution in [0.2, 0.25) is 0 Å². The van der Waals surface area contributed by atoms with Crippen molar-refractivity contribution < 1.29 is 14.3 Å². The summed E-state index contributed by atoms with van der Waals surface area (Å²) in [5.41, 5.74) is 6.88. The van der Waals surface area contributed by atoms with Gasteiger partial charge in [-0.05, 0) is 31.0 Å². The Labute approximate surface area is 145 Å². The number of nitrogens with two attached hydrogens (primary N) is 1. The maximum absolute atomic E-state index is 12.3. The van der Waals surface area contributed by atoms with Crippen LogP contribution in [-0.2, 0) is 4.79 Å². The van der Waals surface area contributed by atoms with E-state index >= 15 is 0 Å². The Kier molecular flexibility index (Phi) is 4.78. The molecule has 1 aromatic carbocycles. The number of benzene rings is 1. The van der Waals surface area contributed by atoms with Crippen LogP contribution in [0.1, 0.15) is 29.8 Å². The molecule has 3 N–H and O–H groups in total. The van der Waals surface area contributed by atoms with E-state index in [1.165, 1.54) is 12.4 Å². The van der Waals surface area contributed by atoms with Crippen molar-refractivity contribution in [3.63, 3.8) is 0 Å². The second-order valence-electron chi connectivity index (χ2n) is 5.63. The van der Waals surface area contributed by atoms with Gasteiger partial charge in [-0.15, -0.1) is 0 Å². The molecule has 130 valence electrons. The van der Waals surface area contributed by atoms with Gasteiger partial charge in [0, 0.05) is 31.0 Å². The smallest absolute Gasteiger partial charge is 0.278 e. The van der Waals surface area contributed by atoms with E-state index in [1.54, 1.807) is 30.2 Å². The number of hydrogen-bond acceptors (Lipinski definition) is 6. The van der Waals surface area contributed by atoms with Gasteiger partial charge in [0.1, 0.15) is 5.75 Å². The molecule has 8 nitrogen and oxygen atoms in total. The van der Waals surface area contributed by atoms with E-state index in [9.17, 15) is 9.59 Å². The minimum absolute atomic E-state index is 0.0474. The maximum Gasteiger partial charge on any atom is 0.278 e. The second kappa shape index (κ2) is 7.16. The Morgan fingerprint density at radius 3 is 2.80 bits per heavy atom. The lowest BCUT2D eigenvalue weighted by Crippen LogP contribution is -2.35. The number of nitrogens with one attached hydrogen (secondary N) is 1. The predicted molar refractivity (Wildman–Crippen MR) is 93.6 cm³/mol. The van der Waals surface area contributed by atoms with Crippen LogP contribution in [0.4, 0.5) is 17.2 Å². The SMILES string of the molecule is COc1ccc(NC(=O)c2nccnc2N)cc1N1CCCCC1=O. The third kappa shape index (κ3) is 3.52. The van der Waals surface area contributed by atoms with Crippen LogP contribution in [0.15, 0.2) is 30.6 Å². The van der Waals surface area contributed by atoms with E-state index in [-0.39, 0.29) is 17.4 Å². The fourth-order valence-corrected chi connectivity index (χ4v) is 2.75. The van der Waals surface area contributed by atoms with Crippen molar-refractivity contribution in [3.8, 4) is 5.75 Å². The van der Waals surface area contributed by atoms with Crippen LogP contribution < -0.4 is 20.7 Å². The van der Waals surface area contributed by atoms with Gasteiger partial charge in [0.15, 0.2) is 11.5 Å². The number of methoxy groups -OCH3 is 1. The highest BCUT2D eigenvalue weighted by atomic mass is 16.5. The molecule has 25 heavy (non-hydrogen) atoms. The topological polar surface area (TPSA) is 110 Å². The normalized spacial score (nSPS) is 14.3. The largest absolute Gasteiger partial charge is 0.495 e. The molecule has 1 aliphatic rings. The van der Waals surface area contributed by atoms with Crippen molar-refractivity contribution in [2.45, 2.75) is 19.3 Å². The van der Waals surface area contributed by atoms with Crippen molar-refractivity contribution in [2.24, 2.45) is 0 Å². The summed E-state index contributed by atoms with van der Waals surface area (Å²) in [4.78, 5) is 34.0. The van der Waals surface area contributed by atoms with Gasteiger partial charge in [-0.25, -0.2) is 9.97 Å². The van der Waals surface area contributed by atoms with Gasteiger partial charge >= 0.3 is 0 Å². The first-order chi connectivity index (χ1) is 12.1. The molecule has 1 fully saturated rings. The lowest BCUT2D eigenvalue weighted by molar-refractivity contribution is -0.119. The summed E-state index contributed by atoms with van der Waals surface area (Å²) in [5.74, 6) is 0.213. The van der Waals surface area contributed by atoms with Gasteiger partial charge in [0.2, 0.25) is 5.91 Å². The molecular formula is C17H19N5O3. The molecule has 0 aliphatic carbocycles. The van der Waals surface area contributed by atoms with Crippen LogP contribution in [0, 0.1) is 0 Å². The summed E-state index contributed by atoms with van der Waals surface area (Å²) < 4.78 is 5.36. The van der Waals surface area contributed by atoms with Crippen molar-refractivity contribution in [3.05, 3.63) is 36.3 Å². The minimum atomic E-state index is -0.466. The quantitative estimate of drug-likeness (QED) is 0.878. The fourth-order valence-electron chi connectivity index (χ4n) is 2.75. The van der Waals surface area contributed by atoms with Crippen LogP contribution >= 0.6 is 0 Å². The average Bonchev–Trinajstić information content (AvgIpc) is 2.62. The molecule has 1 aliphatic heterocycles. The zero-order valence-electron chi connectivity index (χ0n) is 13.9. The number of carbonyl (C=O) groups is 2. The van der Waals surface area contributed by atoms with Crippen molar-refractivity contribution >= 4 is 29.0 Å². The van der Waals surface area contributed by atoms with Gasteiger partial charge in [-0.1, -0.05) is 0 Å². The van der Waals surface area contributed by atoms with E-state index in [0.717, 1.165) is 12.8 Å². The molecule has 3 rings (SSSR count). The van der Waals surface area contributed by atoms with Crippen LogP contribution in [0.3, 0.4) is 0 Å². The molecule has 1 saturated heterocycles. The molecule has 0 bridgehead atoms. The van der Waals surface area contributed by atoms with Gasteiger partial charge in [-0.2, -0.15) is 0 Å². The van der Waals surface area contributed by atoms with Crippen molar-refractivity contribution in [2.75, 3.05) is 29.6 Å². The third-order valence-corrected chi connectivity index (χ3v) is 3.99. The number of anilines is 3. The first kappa shape index (κ1) is 16.7. The van der Waals surface area contributed by atoms with Crippen molar-refractivity contribution in [1.29, 1.82) is 0 Å². The highest BCUT2D eigenvalue weighted by Crippen LogP contribution is 2.33. The second-order valence-corrected chi connectivity index (χ2v) is 5.63. The van der Waals surface area contributed by atoms with E-state index in [0.29, 0.717) is 30.1 Å². The summed E-state index contributed by atoms with van der Waals surface area (Å²) in [5, 5.41) is 2.73. The number of ether oxygens (including phenoxy) is 1. The first-order valence-corrected chi connectivity index (χ1v) is 7.96. The van der Waals surface area contributed by atoms with Crippen LogP contribution in [-0.4, -0.2) is 35.4 Å². The zero-order chi connectivity index (χ0) is 17.8. The summed E-state index contributed by atoms with van der Waals surface area (Å²) in [6.45, 7) is 0.629. The molecule has 0 radical (unpaired) electrons. The molecule has 0 unspecified atom stereocenters. The number of piperidine rings is 1. The van der Waals surface area contributed by atoms with Crippen LogP contribution in [0.5, 0.6) is 5.75 Å². The summed E-state index contributed by atoms with van der Waals surface area (Å²) in [7, 11) is 1.55. The number of aromatic nitrogens is 2. The van der Waals surface area contributed by atoms with E-state index in [1.807, 2.05) is 0 Å². The number of hydrogen-bond donors (Lipinski definition) is 2. The summed E-state index contributed by atoms with van der Waals surface area (Å²) in [6, 6.07) is 5.13. The number of carbonyl (C=O) groups excluding carboxylic acids is 2. The predicted octanol–water partition coefficient (Wildman–Crippen LogP) is 1.84. The lowest BCUT2D eigenvalue weighted by atomic mass is 10.1. The molecule has 0 atom stereocenters. The molecule has 2 aromatic rings. The standard InChI is InChI=1S/C17H19N5O3/c1-25-13-6-5-11(10-12(13)22-9-3-2-4-14(22)23)21-17(24)15-16(18)20-8-7-19-15/h5-8,10H,2-4,9H2,1H3,(H2,18,20)(H,21,24). The van der Waals surface area contributed by atoms with Gasteiger partial charge < -0.3 is 20.7 Å². The van der Waals surface area contributed by atoms with Crippen LogP contribution in [0.25, 0.3) is 0 Å². The van der Waals surface area contributed by atoms with Gasteiger partial charge in [-0.3, -0.25) is 9.59 Å². The molecule has 0 saturated carbocycles. The van der Waals surface area contributed by atoms with Crippen molar-refractivity contribution in [1.82, 2.24) is 9.97 Å². The Balaban J connectivity index is 1.88. The molecule has 1 aromatic heterocycles. The van der Waals surface area contributed by atoms with E-state index in [2.05, 4.69) is 15.3 Å². The van der Waals surface area contributed by atoms with Gasteiger partial charge in [0.25, 0.3) is 5.91 Å². The summed E-state index contributed by atoms with van der Waals surface area (Å²) in [6.07, 6.45) is 5.15. The molecule has 2 amide bonds. The maximum atomic E-state index is 12.3. The van der Waals surface area contributed by atoms with Gasteiger partial charge in [0.05, 0.1) is 12.8 Å². The molecular weight excluding hydrogens is 322 g/mol. The zero-order valence-corrected chi connectivity index (χ0v) is 13.9. The Hall–Kier alpha value is -3.16. The Morgan fingerprint density at radius 2 is 2.08 bits per heavy atom. The van der Waals surface area contributed by atoms with E-state index in [4.69, 9.17) is 10.5 Å². The number of nitrogen functional groups attached to an aromatic ring is 1. The summed E-state index contributed by atoms with van der Waals surface area (Å²) >= 11 is 0. The molecule has 8 heteroatoms. The Bertz CT molecular complexity index is 809. The third-order valence-electron chi connectivity index (χ3n) is 3.99. The fraction of sp³-hybridized carbons (Fsp3) is 0.294. The first-order valence-electron chi connectivity index (χ1n) is 7.96. The number of rotatable bonds is 4. The Morgan fingerprint density at radius 1 is 1.28 bits per heavy atom. The number of nitrogens with zero attached hydrogens (tertiary/aromatic N) is 3. The number of amides is 2. The highest BCUT2D eigenvalue weighted by molar-refractivity contribution is 6.06.